The Morgan fingerprint density at radius 1 is 0.615 bits per heavy atom. The van der Waals surface area contributed by atoms with Crippen molar-refractivity contribution in [2.45, 2.75) is 0 Å². The van der Waals surface area contributed by atoms with E-state index in [9.17, 15) is 14.4 Å². The summed E-state index contributed by atoms with van der Waals surface area (Å²) in [5, 5.41) is 0. The summed E-state index contributed by atoms with van der Waals surface area (Å²) in [7, 11) is 0. The Labute approximate surface area is 147 Å². The second kappa shape index (κ2) is 8.20. The van der Waals surface area contributed by atoms with Gasteiger partial charge in [0.05, 0.1) is 0 Å². The Balaban J connectivity index is 2.23. The van der Waals surface area contributed by atoms with E-state index in [0.717, 1.165) is 5.56 Å². The Kier molecular flexibility index (Phi) is 5.78. The van der Waals surface area contributed by atoms with Gasteiger partial charge in [0.1, 0.15) is 17.2 Å². The first-order valence-electron chi connectivity index (χ1n) is 7.17. The van der Waals surface area contributed by atoms with Crippen LogP contribution in [0.25, 0.3) is 12.2 Å². The average molecular weight is 357 g/mol. The van der Waals surface area contributed by atoms with Gasteiger partial charge in [0.15, 0.2) is 0 Å². The van der Waals surface area contributed by atoms with E-state index in [-0.39, 0.29) is 11.5 Å². The summed E-state index contributed by atoms with van der Waals surface area (Å²) in [4.78, 5) is 32.5. The Morgan fingerprint density at radius 2 is 1.04 bits per heavy atom. The van der Waals surface area contributed by atoms with Crippen molar-refractivity contribution < 1.29 is 28.6 Å². The first-order valence-corrected chi connectivity index (χ1v) is 7.17. The zero-order chi connectivity index (χ0) is 19.1. The molecule has 0 spiro atoms. The molecule has 26 heavy (non-hydrogen) atoms. The predicted octanol–water partition coefficient (Wildman–Crippen LogP) is 2.23. The van der Waals surface area contributed by atoms with E-state index in [1.807, 2.05) is 0 Å². The summed E-state index contributed by atoms with van der Waals surface area (Å²) in [6.45, 7) is 0. The van der Waals surface area contributed by atoms with Crippen molar-refractivity contribution in [3.8, 4) is 17.2 Å². The van der Waals surface area contributed by atoms with Crippen LogP contribution in [0.1, 0.15) is 11.1 Å². The zero-order valence-corrected chi connectivity index (χ0v) is 13.4. The van der Waals surface area contributed by atoms with Crippen LogP contribution in [-0.2, 0) is 0 Å². The second-order valence-electron chi connectivity index (χ2n) is 4.90. The van der Waals surface area contributed by atoms with Gasteiger partial charge in [0.25, 0.3) is 0 Å². The van der Waals surface area contributed by atoms with E-state index in [1.54, 1.807) is 36.4 Å². The minimum atomic E-state index is -1.01. The molecule has 3 amide bonds. The number of amides is 3. The molecule has 134 valence electrons. The maximum Gasteiger partial charge on any atom is 0.409 e. The number of carbonyl (C=O) groups excluding carboxylic acids is 3. The number of hydrogen-bond donors (Lipinski definition) is 3. The average Bonchev–Trinajstić information content (AvgIpc) is 2.52. The molecular formula is C17H15N3O6. The van der Waals surface area contributed by atoms with Crippen LogP contribution in [0.15, 0.2) is 42.5 Å². The number of hydrogen-bond acceptors (Lipinski definition) is 6. The highest BCUT2D eigenvalue weighted by Gasteiger charge is 2.07. The van der Waals surface area contributed by atoms with Gasteiger partial charge in [-0.05, 0) is 35.4 Å². The minimum absolute atomic E-state index is 0.0844. The van der Waals surface area contributed by atoms with E-state index in [0.29, 0.717) is 11.3 Å². The van der Waals surface area contributed by atoms with Crippen molar-refractivity contribution >= 4 is 30.4 Å². The molecule has 0 aliphatic carbocycles. The molecule has 0 saturated carbocycles. The van der Waals surface area contributed by atoms with Crippen LogP contribution in [0.3, 0.4) is 0 Å². The Morgan fingerprint density at radius 3 is 1.50 bits per heavy atom. The number of rotatable bonds is 5. The van der Waals surface area contributed by atoms with E-state index in [4.69, 9.17) is 31.4 Å². The lowest BCUT2D eigenvalue weighted by Gasteiger charge is -2.07. The molecule has 0 aromatic heterocycles. The molecule has 0 atom stereocenters. The van der Waals surface area contributed by atoms with Crippen molar-refractivity contribution in [2.24, 2.45) is 17.2 Å². The fourth-order valence-electron chi connectivity index (χ4n) is 2.00. The van der Waals surface area contributed by atoms with Crippen LogP contribution < -0.4 is 31.4 Å². The van der Waals surface area contributed by atoms with Crippen molar-refractivity contribution in [1.29, 1.82) is 0 Å². The van der Waals surface area contributed by atoms with Gasteiger partial charge in [-0.2, -0.15) is 0 Å². The standard InChI is InChI=1S/C17H15N3O6/c18-15(21)24-12-5-3-10(4-6-12)1-2-11-7-13(25-16(19)22)9-14(8-11)26-17(20)23/h1-9H,(H2,18,21)(H2,19,22)(H2,20,23)/b2-1+. The highest BCUT2D eigenvalue weighted by molar-refractivity contribution is 5.75. The molecule has 0 aliphatic heterocycles. The third-order valence-electron chi connectivity index (χ3n) is 2.91. The highest BCUT2D eigenvalue weighted by atomic mass is 16.6. The number of carbonyl (C=O) groups is 3. The van der Waals surface area contributed by atoms with Crippen molar-refractivity contribution in [2.75, 3.05) is 0 Å². The van der Waals surface area contributed by atoms with Gasteiger partial charge in [0, 0.05) is 6.07 Å². The molecule has 0 unspecified atom stereocenters. The molecule has 9 nitrogen and oxygen atoms in total. The van der Waals surface area contributed by atoms with Crippen LogP contribution in [0.2, 0.25) is 0 Å². The predicted molar refractivity (Wildman–Crippen MR) is 92.4 cm³/mol. The molecule has 6 N–H and O–H groups in total. The topological polar surface area (TPSA) is 157 Å². The largest absolute Gasteiger partial charge is 0.411 e. The maximum absolute atomic E-state index is 10.9. The van der Waals surface area contributed by atoms with Gasteiger partial charge in [-0.25, -0.2) is 14.4 Å². The smallest absolute Gasteiger partial charge is 0.409 e. The normalized spacial score (nSPS) is 10.3. The highest BCUT2D eigenvalue weighted by Crippen LogP contribution is 2.25. The van der Waals surface area contributed by atoms with Gasteiger partial charge >= 0.3 is 18.3 Å². The second-order valence-corrected chi connectivity index (χ2v) is 4.90. The molecule has 2 aromatic carbocycles. The van der Waals surface area contributed by atoms with Crippen LogP contribution >= 0.6 is 0 Å². The maximum atomic E-state index is 10.9. The fourth-order valence-corrected chi connectivity index (χ4v) is 2.00. The lowest BCUT2D eigenvalue weighted by molar-refractivity contribution is 0.208. The van der Waals surface area contributed by atoms with E-state index in [2.05, 4.69) is 0 Å². The summed E-state index contributed by atoms with van der Waals surface area (Å²) in [5.74, 6) is 0.478. The Hall–Kier alpha value is -4.01. The summed E-state index contributed by atoms with van der Waals surface area (Å²) in [6, 6.07) is 10.8. The Bertz CT molecular complexity index is 827. The monoisotopic (exact) mass is 357 g/mol. The summed E-state index contributed by atoms with van der Waals surface area (Å²) in [6.07, 6.45) is 0.473. The molecule has 0 bridgehead atoms. The van der Waals surface area contributed by atoms with E-state index in [1.165, 1.54) is 18.2 Å². The van der Waals surface area contributed by atoms with Crippen LogP contribution in [-0.4, -0.2) is 18.3 Å². The summed E-state index contributed by atoms with van der Waals surface area (Å²) in [5.41, 5.74) is 16.2. The van der Waals surface area contributed by atoms with Gasteiger partial charge in [-0.3, -0.25) is 0 Å². The van der Waals surface area contributed by atoms with Crippen molar-refractivity contribution in [3.05, 3.63) is 53.6 Å². The van der Waals surface area contributed by atoms with Gasteiger partial charge < -0.3 is 31.4 Å². The third kappa shape index (κ3) is 5.89. The van der Waals surface area contributed by atoms with Crippen LogP contribution in [0.4, 0.5) is 14.4 Å². The first-order chi connectivity index (χ1) is 12.3. The summed E-state index contributed by atoms with van der Waals surface area (Å²) >= 11 is 0. The number of benzene rings is 2. The van der Waals surface area contributed by atoms with E-state index < -0.39 is 18.3 Å². The fraction of sp³-hybridized carbons (Fsp3) is 0. The molecule has 0 fully saturated rings. The van der Waals surface area contributed by atoms with E-state index >= 15 is 0 Å². The SMILES string of the molecule is NC(=O)Oc1ccc(/C=C/c2cc(OC(N)=O)cc(OC(N)=O)c2)cc1. The molecule has 0 aliphatic rings. The first kappa shape index (κ1) is 18.3. The molecule has 0 heterocycles. The van der Waals surface area contributed by atoms with Crippen LogP contribution in [0.5, 0.6) is 17.2 Å². The molecule has 2 aromatic rings. The van der Waals surface area contributed by atoms with Crippen molar-refractivity contribution in [1.82, 2.24) is 0 Å². The lowest BCUT2D eigenvalue weighted by atomic mass is 10.1. The molecule has 9 heteroatoms. The molecule has 0 radical (unpaired) electrons. The van der Waals surface area contributed by atoms with Crippen molar-refractivity contribution in [3.63, 3.8) is 0 Å². The van der Waals surface area contributed by atoms with Crippen LogP contribution in [0, 0.1) is 0 Å². The minimum Gasteiger partial charge on any atom is -0.411 e. The number of nitrogens with two attached hydrogens (primary N) is 3. The van der Waals surface area contributed by atoms with Gasteiger partial charge in [-0.15, -0.1) is 0 Å². The zero-order valence-electron chi connectivity index (χ0n) is 13.4. The summed E-state index contributed by atoms with van der Waals surface area (Å²) < 4.78 is 14.3. The van der Waals surface area contributed by atoms with Gasteiger partial charge in [-0.1, -0.05) is 24.3 Å². The number of primary amides is 3. The number of ether oxygens (including phenoxy) is 3. The van der Waals surface area contributed by atoms with Gasteiger partial charge in [0.2, 0.25) is 0 Å². The lowest BCUT2D eigenvalue weighted by Crippen LogP contribution is -2.18. The molecule has 0 saturated heterocycles. The third-order valence-corrected chi connectivity index (χ3v) is 2.91. The molecule has 2 rings (SSSR count). The quantitative estimate of drug-likeness (QED) is 0.696. The molecular weight excluding hydrogens is 342 g/mol.